The number of hydrogen-bond acceptors (Lipinski definition) is 3. The third-order valence-corrected chi connectivity index (χ3v) is 3.28. The van der Waals surface area contributed by atoms with Gasteiger partial charge in [-0.15, -0.1) is 0 Å². The maximum absolute atomic E-state index is 11.9. The molecular formula is C15H30N2O3. The van der Waals surface area contributed by atoms with Crippen LogP contribution in [0.1, 0.15) is 47.0 Å². The number of amides is 1. The van der Waals surface area contributed by atoms with Crippen molar-refractivity contribution in [2.75, 3.05) is 20.6 Å². The maximum Gasteiger partial charge on any atom is 0.303 e. The minimum absolute atomic E-state index is 0.00350. The summed E-state index contributed by atoms with van der Waals surface area (Å²) in [6, 6.07) is 0.307. The molecule has 0 heterocycles. The van der Waals surface area contributed by atoms with Gasteiger partial charge < -0.3 is 15.3 Å². The van der Waals surface area contributed by atoms with Crippen LogP contribution in [-0.4, -0.2) is 48.6 Å². The van der Waals surface area contributed by atoms with Crippen LogP contribution in [0.5, 0.6) is 0 Å². The first-order valence-corrected chi connectivity index (χ1v) is 7.18. The van der Waals surface area contributed by atoms with Crippen LogP contribution >= 0.6 is 0 Å². The number of nitrogens with one attached hydrogen (secondary N) is 1. The average molecular weight is 286 g/mol. The normalized spacial score (nSPS) is 13.6. The van der Waals surface area contributed by atoms with E-state index in [1.165, 1.54) is 0 Å². The van der Waals surface area contributed by atoms with Crippen LogP contribution in [0.15, 0.2) is 0 Å². The fraction of sp³-hybridized carbons (Fsp3) is 0.867. The van der Waals surface area contributed by atoms with E-state index in [1.807, 2.05) is 14.1 Å². The van der Waals surface area contributed by atoms with Crippen LogP contribution in [0.4, 0.5) is 0 Å². The summed E-state index contributed by atoms with van der Waals surface area (Å²) in [6.07, 6.45) is 1.26. The molecule has 1 unspecified atom stereocenters. The number of likely N-dealkylation sites (N-methyl/N-ethyl adjacent to an activating group) is 1. The Morgan fingerprint density at radius 2 is 1.75 bits per heavy atom. The van der Waals surface area contributed by atoms with E-state index in [4.69, 9.17) is 5.11 Å². The van der Waals surface area contributed by atoms with E-state index in [-0.39, 0.29) is 18.7 Å². The second-order valence-corrected chi connectivity index (χ2v) is 6.96. The second-order valence-electron chi connectivity index (χ2n) is 6.96. The first kappa shape index (κ1) is 18.9. The molecule has 0 aliphatic carbocycles. The van der Waals surface area contributed by atoms with Gasteiger partial charge in [0, 0.05) is 19.0 Å². The van der Waals surface area contributed by atoms with Gasteiger partial charge in [-0.1, -0.05) is 27.7 Å². The predicted octanol–water partition coefficient (Wildman–Crippen LogP) is 1.97. The Balaban J connectivity index is 4.29. The Hall–Kier alpha value is -1.10. The van der Waals surface area contributed by atoms with Gasteiger partial charge in [0.15, 0.2) is 0 Å². The van der Waals surface area contributed by atoms with Crippen molar-refractivity contribution >= 4 is 11.9 Å². The van der Waals surface area contributed by atoms with Crippen molar-refractivity contribution in [3.05, 3.63) is 0 Å². The lowest BCUT2D eigenvalue weighted by Gasteiger charge is -2.27. The lowest BCUT2D eigenvalue weighted by Crippen LogP contribution is -2.42. The number of carbonyl (C=O) groups is 2. The maximum atomic E-state index is 11.9. The summed E-state index contributed by atoms with van der Waals surface area (Å²) < 4.78 is 0. The molecule has 1 amide bonds. The number of carboxylic acids is 1. The van der Waals surface area contributed by atoms with Gasteiger partial charge in [0.1, 0.15) is 0 Å². The summed E-state index contributed by atoms with van der Waals surface area (Å²) in [6.45, 7) is 8.53. The quantitative estimate of drug-likeness (QED) is 0.680. The van der Waals surface area contributed by atoms with Gasteiger partial charge in [-0.25, -0.2) is 0 Å². The topological polar surface area (TPSA) is 69.6 Å². The van der Waals surface area contributed by atoms with Gasteiger partial charge in [-0.2, -0.15) is 0 Å². The molecule has 0 spiro atoms. The highest BCUT2D eigenvalue weighted by Crippen LogP contribution is 2.24. The highest BCUT2D eigenvalue weighted by Gasteiger charge is 2.25. The smallest absolute Gasteiger partial charge is 0.303 e. The van der Waals surface area contributed by atoms with Crippen LogP contribution in [-0.2, 0) is 9.59 Å². The molecule has 0 aromatic heterocycles. The number of aliphatic carboxylic acids is 1. The molecule has 20 heavy (non-hydrogen) atoms. The van der Waals surface area contributed by atoms with Gasteiger partial charge in [0.05, 0.1) is 6.42 Å². The molecule has 1 atom stereocenters. The highest BCUT2D eigenvalue weighted by molar-refractivity contribution is 5.77. The van der Waals surface area contributed by atoms with Crippen LogP contribution in [0.2, 0.25) is 0 Å². The van der Waals surface area contributed by atoms with Crippen molar-refractivity contribution in [2.45, 2.75) is 53.0 Å². The zero-order valence-electron chi connectivity index (χ0n) is 13.7. The zero-order valence-corrected chi connectivity index (χ0v) is 13.7. The second kappa shape index (κ2) is 8.25. The van der Waals surface area contributed by atoms with Crippen molar-refractivity contribution in [1.29, 1.82) is 0 Å². The summed E-state index contributed by atoms with van der Waals surface area (Å²) >= 11 is 0. The summed E-state index contributed by atoms with van der Waals surface area (Å²) in [5, 5.41) is 11.7. The van der Waals surface area contributed by atoms with E-state index in [0.717, 1.165) is 6.42 Å². The van der Waals surface area contributed by atoms with Crippen molar-refractivity contribution in [3.63, 3.8) is 0 Å². The predicted molar refractivity (Wildman–Crippen MR) is 80.6 cm³/mol. The Bertz CT molecular complexity index is 325. The van der Waals surface area contributed by atoms with E-state index in [0.29, 0.717) is 18.5 Å². The lowest BCUT2D eigenvalue weighted by molar-refractivity contribution is -0.139. The molecule has 0 fully saturated rings. The van der Waals surface area contributed by atoms with E-state index in [2.05, 4.69) is 24.1 Å². The average Bonchev–Trinajstić information content (AvgIpc) is 2.20. The van der Waals surface area contributed by atoms with Crippen LogP contribution in [0.3, 0.4) is 0 Å². The first-order valence-electron chi connectivity index (χ1n) is 7.18. The fourth-order valence-corrected chi connectivity index (χ4v) is 2.22. The van der Waals surface area contributed by atoms with Gasteiger partial charge in [0.2, 0.25) is 5.91 Å². The summed E-state index contributed by atoms with van der Waals surface area (Å²) in [5.74, 6) is -0.372. The van der Waals surface area contributed by atoms with E-state index in [9.17, 15) is 9.59 Å². The fourth-order valence-electron chi connectivity index (χ4n) is 2.22. The third-order valence-electron chi connectivity index (χ3n) is 3.28. The summed E-state index contributed by atoms with van der Waals surface area (Å²) in [7, 11) is 4.02. The van der Waals surface area contributed by atoms with Gasteiger partial charge in [-0.3, -0.25) is 9.59 Å². The number of nitrogens with zero attached hydrogens (tertiary/aromatic N) is 1. The Kier molecular flexibility index (Phi) is 7.79. The molecule has 0 radical (unpaired) electrons. The molecule has 0 aromatic rings. The summed E-state index contributed by atoms with van der Waals surface area (Å²) in [4.78, 5) is 24.8. The van der Waals surface area contributed by atoms with Gasteiger partial charge >= 0.3 is 5.97 Å². The van der Waals surface area contributed by atoms with Gasteiger partial charge in [0.25, 0.3) is 0 Å². The lowest BCUT2D eigenvalue weighted by atomic mass is 9.85. The van der Waals surface area contributed by atoms with Gasteiger partial charge in [-0.05, 0) is 31.8 Å². The number of hydrogen-bond donors (Lipinski definition) is 2. The monoisotopic (exact) mass is 286 g/mol. The number of carboxylic acid groups (broad SMARTS) is 1. The molecule has 0 rings (SSSR count). The molecule has 118 valence electrons. The van der Waals surface area contributed by atoms with Crippen molar-refractivity contribution in [3.8, 4) is 0 Å². The highest BCUT2D eigenvalue weighted by atomic mass is 16.4. The SMILES string of the molecule is CC(C)CC(CNC(=O)CC(C)(C)CC(=O)O)N(C)C. The standard InChI is InChI=1S/C15H30N2O3/c1-11(2)7-12(17(5)6)10-16-13(18)8-15(3,4)9-14(19)20/h11-12H,7-10H2,1-6H3,(H,16,18)(H,19,20). The molecule has 0 aliphatic rings. The van der Waals surface area contributed by atoms with Crippen LogP contribution < -0.4 is 5.32 Å². The molecule has 2 N–H and O–H groups in total. The number of rotatable bonds is 9. The Morgan fingerprint density at radius 3 is 2.15 bits per heavy atom. The van der Waals surface area contributed by atoms with Crippen LogP contribution in [0.25, 0.3) is 0 Å². The van der Waals surface area contributed by atoms with Crippen LogP contribution in [0, 0.1) is 11.3 Å². The van der Waals surface area contributed by atoms with Crippen molar-refractivity contribution < 1.29 is 14.7 Å². The zero-order chi connectivity index (χ0) is 15.9. The first-order chi connectivity index (χ1) is 9.03. The molecule has 0 saturated carbocycles. The summed E-state index contributed by atoms with van der Waals surface area (Å²) in [5.41, 5.74) is -0.512. The van der Waals surface area contributed by atoms with E-state index in [1.54, 1.807) is 13.8 Å². The Labute approximate surface area is 122 Å². The number of carbonyl (C=O) groups excluding carboxylic acids is 1. The van der Waals surface area contributed by atoms with Crippen molar-refractivity contribution in [1.82, 2.24) is 10.2 Å². The third kappa shape index (κ3) is 8.91. The molecule has 0 saturated heterocycles. The molecular weight excluding hydrogens is 256 g/mol. The molecule has 0 bridgehead atoms. The van der Waals surface area contributed by atoms with E-state index < -0.39 is 11.4 Å². The van der Waals surface area contributed by atoms with Crippen molar-refractivity contribution in [2.24, 2.45) is 11.3 Å². The minimum atomic E-state index is -0.867. The molecule has 0 aliphatic heterocycles. The molecule has 5 heteroatoms. The molecule has 5 nitrogen and oxygen atoms in total. The van der Waals surface area contributed by atoms with E-state index >= 15 is 0 Å². The Morgan fingerprint density at radius 1 is 1.20 bits per heavy atom. The largest absolute Gasteiger partial charge is 0.481 e. The molecule has 0 aromatic carbocycles. The minimum Gasteiger partial charge on any atom is -0.481 e.